The van der Waals surface area contributed by atoms with Gasteiger partial charge in [-0.25, -0.2) is 0 Å². The number of aliphatic carboxylic acids is 2. The number of aromatic amines is 3. The molecule has 9 rings (SSSR count). The van der Waals surface area contributed by atoms with E-state index in [4.69, 9.17) is 21.7 Å². The predicted molar refractivity (Wildman–Crippen MR) is 251 cm³/mol. The number of aryl methyl sites for hydroxylation is 3. The fraction of sp³-hybridized carbons (Fsp3) is 0.137. The van der Waals surface area contributed by atoms with Gasteiger partial charge in [-0.15, -0.1) is 0 Å². The number of benzene rings is 6. The zero-order chi connectivity index (χ0) is 44.8. The van der Waals surface area contributed by atoms with Gasteiger partial charge in [-0.05, 0) is 60.7 Å². The summed E-state index contributed by atoms with van der Waals surface area (Å²) in [6.45, 7) is 5.82. The van der Waals surface area contributed by atoms with E-state index in [0.29, 0.717) is 28.6 Å². The molecule has 0 saturated heterocycles. The fourth-order valence-corrected chi connectivity index (χ4v) is 8.04. The summed E-state index contributed by atoms with van der Waals surface area (Å²) in [4.78, 5) is 43.2. The van der Waals surface area contributed by atoms with Gasteiger partial charge >= 0.3 is 11.9 Å². The maximum atomic E-state index is 11.5. The van der Waals surface area contributed by atoms with Crippen LogP contribution in [0.4, 0.5) is 5.69 Å². The van der Waals surface area contributed by atoms with E-state index in [9.17, 15) is 19.7 Å². The van der Waals surface area contributed by atoms with E-state index in [0.717, 1.165) is 44.4 Å². The van der Waals surface area contributed by atoms with Crippen molar-refractivity contribution < 1.29 is 24.7 Å². The van der Waals surface area contributed by atoms with Gasteiger partial charge in [-0.3, -0.25) is 19.7 Å². The Balaban J connectivity index is 0.000000145. The van der Waals surface area contributed by atoms with E-state index in [1.54, 1.807) is 13.0 Å². The van der Waals surface area contributed by atoms with Crippen molar-refractivity contribution in [3.8, 4) is 33.4 Å². The average Bonchev–Trinajstić information content (AvgIpc) is 3.95. The van der Waals surface area contributed by atoms with Gasteiger partial charge in [0.05, 0.1) is 26.9 Å². The van der Waals surface area contributed by atoms with E-state index < -0.39 is 28.9 Å². The lowest BCUT2D eigenvalue weighted by Crippen LogP contribution is -2.32. The number of fused-ring (bicyclic) bond motifs is 3. The standard InChI is InChI=1S/C18H17N3O4.C18H18N2O2.C15H13N/c1-10-13(9-14(19)18(22)23)16-15(21(24)25)8-7-12(17(16)20-10)11-5-3-2-4-6-11;1-11-15(10-16(19)18(21)22)14-9-5-8-13(17(14)20-11)12-6-3-2-4-7-12;1-11-10-13-8-5-9-14(15(13)16-11)12-6-3-2-4-7-12/h2-8,14,20H,9,19H2,1H3,(H,22,23);2-9,16,20H,10,19H2,1H3,(H,21,22);2-10,16H,1H3. The Morgan fingerprint density at radius 2 is 1.03 bits per heavy atom. The number of nitro groups is 1. The highest BCUT2D eigenvalue weighted by Gasteiger charge is 2.25. The van der Waals surface area contributed by atoms with Gasteiger partial charge in [0.1, 0.15) is 12.1 Å². The monoisotopic (exact) mass is 840 g/mol. The van der Waals surface area contributed by atoms with Gasteiger partial charge in [0.25, 0.3) is 5.69 Å². The number of hydrogen-bond acceptors (Lipinski definition) is 6. The first-order valence-electron chi connectivity index (χ1n) is 20.4. The number of carboxylic acids is 2. The predicted octanol–water partition coefficient (Wildman–Crippen LogP) is 10.2. The molecule has 9 aromatic rings. The molecule has 0 amide bonds. The number of H-pyrrole nitrogens is 3. The van der Waals surface area contributed by atoms with Crippen LogP contribution in [0.2, 0.25) is 0 Å². The average molecular weight is 841 g/mol. The molecule has 9 N–H and O–H groups in total. The molecule has 0 saturated carbocycles. The van der Waals surface area contributed by atoms with Gasteiger partial charge in [0.15, 0.2) is 0 Å². The Morgan fingerprint density at radius 1 is 0.571 bits per heavy atom. The third-order valence-corrected chi connectivity index (χ3v) is 11.1. The molecule has 6 aromatic carbocycles. The number of non-ortho nitro benzene ring substituents is 1. The second-order valence-electron chi connectivity index (χ2n) is 15.4. The summed E-state index contributed by atoms with van der Waals surface area (Å²) < 4.78 is 0. The summed E-state index contributed by atoms with van der Waals surface area (Å²) in [7, 11) is 0. The molecule has 0 fully saturated rings. The van der Waals surface area contributed by atoms with Crippen molar-refractivity contribution in [1.82, 2.24) is 15.0 Å². The Bertz CT molecular complexity index is 3060. The van der Waals surface area contributed by atoms with E-state index in [1.165, 1.54) is 33.8 Å². The first-order valence-corrected chi connectivity index (χ1v) is 20.4. The molecule has 2 atom stereocenters. The first kappa shape index (κ1) is 43.3. The van der Waals surface area contributed by atoms with Gasteiger partial charge in [-0.2, -0.15) is 0 Å². The van der Waals surface area contributed by atoms with Crippen LogP contribution in [0.15, 0.2) is 146 Å². The third kappa shape index (κ3) is 9.42. The SMILES string of the molecule is Cc1[nH]c2c(-c3ccccc3)ccc([N+](=O)[O-])c2c1CC(N)C(=O)O.Cc1[nH]c2c(-c3ccccc3)cccc2c1CC(N)C(=O)O.Cc1cc2cccc(-c3ccccc3)c2[nH]1. The molecule has 0 aliphatic heterocycles. The summed E-state index contributed by atoms with van der Waals surface area (Å²) >= 11 is 0. The van der Waals surface area contributed by atoms with E-state index in [2.05, 4.69) is 88.6 Å². The molecule has 63 heavy (non-hydrogen) atoms. The molecule has 2 unspecified atom stereocenters. The molecule has 318 valence electrons. The fourth-order valence-electron chi connectivity index (χ4n) is 8.04. The van der Waals surface area contributed by atoms with E-state index in [-0.39, 0.29) is 12.1 Å². The number of carbonyl (C=O) groups is 2. The lowest BCUT2D eigenvalue weighted by Gasteiger charge is -2.08. The summed E-state index contributed by atoms with van der Waals surface area (Å²) in [6, 6.07) is 45.9. The summed E-state index contributed by atoms with van der Waals surface area (Å²) in [6.07, 6.45) is 0.333. The number of nitrogens with two attached hydrogens (primary N) is 2. The second kappa shape index (κ2) is 18.9. The molecular formula is C51H48N6O6. The van der Waals surface area contributed by atoms with Crippen LogP contribution in [-0.2, 0) is 22.4 Å². The number of nitrogens with zero attached hydrogens (tertiary/aromatic N) is 1. The summed E-state index contributed by atoms with van der Waals surface area (Å²) in [5.41, 5.74) is 25.1. The molecule has 0 bridgehead atoms. The second-order valence-corrected chi connectivity index (χ2v) is 15.4. The number of carboxylic acid groups (broad SMARTS) is 2. The molecule has 3 aromatic heterocycles. The smallest absolute Gasteiger partial charge is 0.320 e. The number of nitrogens with one attached hydrogen (secondary N) is 3. The molecule has 12 heteroatoms. The van der Waals surface area contributed by atoms with Crippen LogP contribution in [0.3, 0.4) is 0 Å². The van der Waals surface area contributed by atoms with Gasteiger partial charge in [0, 0.05) is 63.5 Å². The molecule has 0 aliphatic rings. The minimum atomic E-state index is -1.14. The van der Waals surface area contributed by atoms with Crippen LogP contribution in [0.5, 0.6) is 0 Å². The Morgan fingerprint density at radius 3 is 1.56 bits per heavy atom. The van der Waals surface area contributed by atoms with Gasteiger partial charge in [0.2, 0.25) is 0 Å². The largest absolute Gasteiger partial charge is 0.480 e. The van der Waals surface area contributed by atoms with Crippen LogP contribution in [0.25, 0.3) is 66.1 Å². The van der Waals surface area contributed by atoms with Crippen molar-refractivity contribution in [2.45, 2.75) is 45.7 Å². The number of hydrogen-bond donors (Lipinski definition) is 7. The highest BCUT2D eigenvalue weighted by atomic mass is 16.6. The number of aromatic nitrogens is 3. The normalized spacial score (nSPS) is 12.0. The zero-order valence-electron chi connectivity index (χ0n) is 35.1. The lowest BCUT2D eigenvalue weighted by atomic mass is 9.97. The van der Waals surface area contributed by atoms with Crippen molar-refractivity contribution in [3.05, 3.63) is 184 Å². The minimum absolute atomic E-state index is 0.0141. The Hall–Kier alpha value is -7.80. The van der Waals surface area contributed by atoms with E-state index in [1.807, 2.05) is 73.7 Å². The van der Waals surface area contributed by atoms with Crippen LogP contribution in [0, 0.1) is 30.9 Å². The Kier molecular flexibility index (Phi) is 13.0. The highest BCUT2D eigenvalue weighted by molar-refractivity contribution is 6.03. The van der Waals surface area contributed by atoms with Gasteiger partial charge in [-0.1, -0.05) is 127 Å². The van der Waals surface area contributed by atoms with Crippen LogP contribution >= 0.6 is 0 Å². The van der Waals surface area contributed by atoms with Crippen molar-refractivity contribution in [2.75, 3.05) is 0 Å². The quantitative estimate of drug-likeness (QED) is 0.0518. The van der Waals surface area contributed by atoms with E-state index >= 15 is 0 Å². The van der Waals surface area contributed by atoms with Crippen molar-refractivity contribution in [2.24, 2.45) is 11.5 Å². The summed E-state index contributed by atoms with van der Waals surface area (Å²) in [5, 5.41) is 32.3. The van der Waals surface area contributed by atoms with Crippen LogP contribution in [0.1, 0.15) is 28.2 Å². The lowest BCUT2D eigenvalue weighted by molar-refractivity contribution is -0.383. The third-order valence-electron chi connectivity index (χ3n) is 11.1. The van der Waals surface area contributed by atoms with Crippen molar-refractivity contribution >= 4 is 50.3 Å². The molecule has 0 spiro atoms. The number of nitro benzene ring substituents is 1. The summed E-state index contributed by atoms with van der Waals surface area (Å²) in [5.74, 6) is -2.12. The molecular weight excluding hydrogens is 793 g/mol. The topological polar surface area (TPSA) is 217 Å². The molecule has 0 aliphatic carbocycles. The molecule has 12 nitrogen and oxygen atoms in total. The van der Waals surface area contributed by atoms with Crippen LogP contribution in [-0.4, -0.2) is 54.1 Å². The zero-order valence-corrected chi connectivity index (χ0v) is 35.1. The maximum Gasteiger partial charge on any atom is 0.320 e. The maximum absolute atomic E-state index is 11.5. The van der Waals surface area contributed by atoms with Gasteiger partial charge < -0.3 is 36.6 Å². The molecule has 0 radical (unpaired) electrons. The Labute approximate surface area is 363 Å². The molecule has 3 heterocycles. The van der Waals surface area contributed by atoms with Crippen LogP contribution < -0.4 is 11.5 Å². The number of rotatable bonds is 10. The minimum Gasteiger partial charge on any atom is -0.480 e. The first-order chi connectivity index (χ1) is 30.3. The highest BCUT2D eigenvalue weighted by Crippen LogP contribution is 2.38. The van der Waals surface area contributed by atoms with Crippen molar-refractivity contribution in [3.63, 3.8) is 0 Å². The van der Waals surface area contributed by atoms with Crippen molar-refractivity contribution in [1.29, 1.82) is 0 Å². The number of para-hydroxylation sites is 2.